The van der Waals surface area contributed by atoms with Crippen LogP contribution in [0.25, 0.3) is 16.7 Å². The predicted octanol–water partition coefficient (Wildman–Crippen LogP) is -1.28. The number of aromatic nitrogens is 2. The van der Waals surface area contributed by atoms with Gasteiger partial charge < -0.3 is 0 Å². The molecule has 2 aromatic carbocycles. The molecule has 0 saturated carbocycles. The van der Waals surface area contributed by atoms with Crippen LogP contribution in [0.15, 0.2) is 56.2 Å². The van der Waals surface area contributed by atoms with Gasteiger partial charge in [0.2, 0.25) is 0 Å². The van der Waals surface area contributed by atoms with Crippen LogP contribution in [-0.2, 0) is 40.5 Å². The fraction of sp³-hybridized carbons (Fsp3) is 0. The molecule has 172 valence electrons. The van der Waals surface area contributed by atoms with Crippen LogP contribution < -0.4 is 0 Å². The molecule has 3 aromatic rings. The summed E-state index contributed by atoms with van der Waals surface area (Å²) < 4.78 is 133. The van der Waals surface area contributed by atoms with Crippen LogP contribution in [0.5, 0.6) is 0 Å². The minimum atomic E-state index is -5.77. The van der Waals surface area contributed by atoms with E-state index in [0.717, 1.165) is 0 Å². The van der Waals surface area contributed by atoms with Crippen LogP contribution in [0.3, 0.4) is 0 Å². The fourth-order valence-corrected chi connectivity index (χ4v) is 6.75. The maximum absolute atomic E-state index is 11.9. The van der Waals surface area contributed by atoms with E-state index in [4.69, 9.17) is 0 Å². The number of rotatable bonds is 5. The van der Waals surface area contributed by atoms with Gasteiger partial charge in [-0.15, -0.1) is 0 Å². The van der Waals surface area contributed by atoms with Crippen LogP contribution in [0.4, 0.5) is 0 Å². The molecule has 0 spiro atoms. The summed E-state index contributed by atoms with van der Waals surface area (Å²) >= 11 is 0. The molecular formula is C13H12N2Na2O12S4. The Labute approximate surface area is 231 Å². The molecule has 0 aliphatic carbocycles. The molecule has 0 unspecified atom stereocenters. The van der Waals surface area contributed by atoms with Gasteiger partial charge in [-0.05, 0) is 18.2 Å². The molecule has 4 N–H and O–H groups in total. The van der Waals surface area contributed by atoms with Crippen LogP contribution in [0.2, 0.25) is 0 Å². The molecule has 0 aliphatic heterocycles. The quantitative estimate of drug-likeness (QED) is 0.210. The van der Waals surface area contributed by atoms with E-state index in [1.54, 1.807) is 0 Å². The zero-order chi connectivity index (χ0) is 23.6. The van der Waals surface area contributed by atoms with Crippen molar-refractivity contribution in [3.05, 3.63) is 36.4 Å². The van der Waals surface area contributed by atoms with Crippen molar-refractivity contribution in [2.75, 3.05) is 0 Å². The Morgan fingerprint density at radius 1 is 0.667 bits per heavy atom. The average Bonchev–Trinajstić information content (AvgIpc) is 2.98. The monoisotopic (exact) mass is 562 g/mol. The summed E-state index contributed by atoms with van der Waals surface area (Å²) in [4.78, 5) is -2.14. The summed E-state index contributed by atoms with van der Waals surface area (Å²) in [5.74, 6) is 0. The van der Waals surface area contributed by atoms with Crippen LogP contribution in [-0.4, -0.2) is 121 Å². The van der Waals surface area contributed by atoms with Crippen LogP contribution >= 0.6 is 0 Å². The molecule has 20 heteroatoms. The average molecular weight is 562 g/mol. The van der Waals surface area contributed by atoms with E-state index in [1.807, 2.05) is 0 Å². The van der Waals surface area contributed by atoms with Gasteiger partial charge in [0, 0.05) is 5.69 Å². The van der Waals surface area contributed by atoms with Gasteiger partial charge in [0.15, 0.2) is 0 Å². The number of para-hydroxylation sites is 1. The van der Waals surface area contributed by atoms with E-state index < -0.39 is 71.3 Å². The molecule has 0 radical (unpaired) electrons. The van der Waals surface area contributed by atoms with Gasteiger partial charge in [0.1, 0.15) is 20.2 Å². The number of nitrogens with zero attached hydrogens (tertiary/aromatic N) is 2. The summed E-state index contributed by atoms with van der Waals surface area (Å²) in [5, 5.41) is -1.28. The van der Waals surface area contributed by atoms with Gasteiger partial charge in [-0.3, -0.25) is 22.8 Å². The molecule has 0 saturated heterocycles. The molecule has 33 heavy (non-hydrogen) atoms. The second kappa shape index (κ2) is 9.90. The second-order valence-corrected chi connectivity index (χ2v) is 11.3. The molecule has 0 aliphatic rings. The summed E-state index contributed by atoms with van der Waals surface area (Å²) in [5.41, 5.74) is -2.04. The molecule has 0 bridgehead atoms. The third kappa shape index (κ3) is 6.04. The third-order valence-electron chi connectivity index (χ3n) is 3.83. The Hall–Kier alpha value is -0.450. The molecule has 14 nitrogen and oxygen atoms in total. The molecular weight excluding hydrogens is 550 g/mol. The van der Waals surface area contributed by atoms with E-state index >= 15 is 0 Å². The second-order valence-electron chi connectivity index (χ2n) is 5.87. The number of benzene rings is 2. The molecule has 1 aromatic heterocycles. The summed E-state index contributed by atoms with van der Waals surface area (Å²) in [6, 6.07) is 6.99. The molecule has 3 rings (SSSR count). The van der Waals surface area contributed by atoms with Crippen LogP contribution in [0, 0.1) is 0 Å². The third-order valence-corrected chi connectivity index (χ3v) is 7.56. The number of imidazole rings is 1. The van der Waals surface area contributed by atoms with Gasteiger partial charge in [-0.25, -0.2) is 4.98 Å². The van der Waals surface area contributed by atoms with Crippen molar-refractivity contribution in [3.8, 4) is 5.69 Å². The Kier molecular flexibility index (Phi) is 9.17. The maximum atomic E-state index is 11.9. The first-order valence-corrected chi connectivity index (χ1v) is 13.2. The minimum absolute atomic E-state index is 0. The van der Waals surface area contributed by atoms with Crippen molar-refractivity contribution in [1.82, 2.24) is 9.55 Å². The van der Waals surface area contributed by atoms with Gasteiger partial charge >= 0.3 is 69.2 Å². The first-order chi connectivity index (χ1) is 13.9. The van der Waals surface area contributed by atoms with E-state index in [9.17, 15) is 51.9 Å². The molecule has 0 amide bonds. The summed E-state index contributed by atoms with van der Waals surface area (Å²) in [6.07, 6.45) is 0. The first-order valence-electron chi connectivity index (χ1n) is 7.49. The summed E-state index contributed by atoms with van der Waals surface area (Å²) in [6.45, 7) is 0. The Morgan fingerprint density at radius 2 is 1.15 bits per heavy atom. The van der Waals surface area contributed by atoms with E-state index in [2.05, 4.69) is 4.98 Å². The van der Waals surface area contributed by atoms with E-state index in [1.165, 1.54) is 30.3 Å². The van der Waals surface area contributed by atoms with Crippen molar-refractivity contribution >= 4 is 111 Å². The molecule has 0 fully saturated rings. The number of fused-ring (bicyclic) bond motifs is 1. The van der Waals surface area contributed by atoms with E-state index in [-0.39, 0.29) is 64.8 Å². The van der Waals surface area contributed by atoms with Crippen molar-refractivity contribution in [1.29, 1.82) is 0 Å². The normalized spacial score (nSPS) is 12.7. The van der Waals surface area contributed by atoms with Crippen molar-refractivity contribution < 1.29 is 51.9 Å². The van der Waals surface area contributed by atoms with Gasteiger partial charge in [-0.1, -0.05) is 18.2 Å². The van der Waals surface area contributed by atoms with E-state index in [0.29, 0.717) is 10.6 Å². The van der Waals surface area contributed by atoms with Crippen molar-refractivity contribution in [3.63, 3.8) is 0 Å². The Balaban J connectivity index is 0.00000272. The Bertz CT molecular complexity index is 1660. The van der Waals surface area contributed by atoms with Gasteiger partial charge in [0.25, 0.3) is 35.5 Å². The number of hydrogen-bond donors (Lipinski definition) is 4. The molecule has 1 heterocycles. The predicted molar refractivity (Wildman–Crippen MR) is 115 cm³/mol. The fourth-order valence-electron chi connectivity index (χ4n) is 2.80. The standard InChI is InChI=1S/C13H10N2O12S4.2Na.2H/c16-28(17,18)9-6-8-10(12(30(22,23)24)11(9)29(19,20)21)14-13(31(25,26)27)15(8)7-4-2-1-3-5-7;;;;/h1-6H,(H,16,17,18)(H,19,20,21)(H,22,23,24)(H,25,26,27);;;;. The van der Waals surface area contributed by atoms with Crippen LogP contribution in [0.1, 0.15) is 0 Å². The van der Waals surface area contributed by atoms with Crippen molar-refractivity contribution in [2.24, 2.45) is 0 Å². The zero-order valence-electron chi connectivity index (χ0n) is 14.5. The topological polar surface area (TPSA) is 235 Å². The summed E-state index contributed by atoms with van der Waals surface area (Å²) in [7, 11) is -22.3. The first kappa shape index (κ1) is 30.6. The van der Waals surface area contributed by atoms with Gasteiger partial charge in [-0.2, -0.15) is 33.7 Å². The van der Waals surface area contributed by atoms with Crippen molar-refractivity contribution in [2.45, 2.75) is 19.8 Å². The Morgan fingerprint density at radius 3 is 1.55 bits per heavy atom. The molecule has 0 atom stereocenters. The SMILES string of the molecule is O=S(=O)(O)c1cc2c(nc(S(=O)(=O)O)n2-c2ccccc2)c(S(=O)(=O)O)c1S(=O)(=O)O.[NaH].[NaH]. The van der Waals surface area contributed by atoms with Gasteiger partial charge in [0.05, 0.1) is 5.52 Å². The zero-order valence-corrected chi connectivity index (χ0v) is 17.8. The number of hydrogen-bond acceptors (Lipinski definition) is 9.